The molecule has 0 bridgehead atoms. The van der Waals surface area contributed by atoms with Crippen LogP contribution in [-0.2, 0) is 10.0 Å². The van der Waals surface area contributed by atoms with E-state index in [2.05, 4.69) is 32.7 Å². The molecule has 1 aliphatic carbocycles. The van der Waals surface area contributed by atoms with Crippen LogP contribution in [0.1, 0.15) is 65.8 Å². The average molecular weight is 327 g/mol. The zero-order valence-corrected chi connectivity index (χ0v) is 15.2. The molecule has 1 heterocycles. The molecule has 1 saturated carbocycles. The molecule has 1 aromatic rings. The first-order chi connectivity index (χ1) is 10.2. The van der Waals surface area contributed by atoms with Crippen LogP contribution in [0.3, 0.4) is 0 Å². The highest BCUT2D eigenvalue weighted by Crippen LogP contribution is 2.37. The quantitative estimate of drug-likeness (QED) is 0.832. The third-order valence-corrected chi connectivity index (χ3v) is 6.94. The third-order valence-electron chi connectivity index (χ3n) is 5.14. The van der Waals surface area contributed by atoms with Crippen LogP contribution >= 0.6 is 0 Å². The average Bonchev–Trinajstić information content (AvgIpc) is 2.96. The molecule has 1 fully saturated rings. The topological polar surface area (TPSA) is 55.2 Å². The maximum Gasteiger partial charge on any atom is 0.262 e. The van der Waals surface area contributed by atoms with Gasteiger partial charge in [0.25, 0.3) is 10.0 Å². The van der Waals surface area contributed by atoms with Gasteiger partial charge in [-0.3, -0.25) is 0 Å². The summed E-state index contributed by atoms with van der Waals surface area (Å²) in [5.41, 5.74) is 0.333. The summed E-state index contributed by atoms with van der Waals surface area (Å²) in [5.74, 6) is 0. The number of aromatic nitrogens is 2. The second-order valence-corrected chi connectivity index (χ2v) is 9.28. The van der Waals surface area contributed by atoms with Crippen LogP contribution in [0, 0.1) is 5.41 Å². The summed E-state index contributed by atoms with van der Waals surface area (Å²) in [6, 6.07) is 0.351. The normalized spacial score (nSPS) is 21.2. The molecule has 1 aromatic heterocycles. The van der Waals surface area contributed by atoms with Gasteiger partial charge in [0.2, 0.25) is 0 Å². The van der Waals surface area contributed by atoms with Crippen LogP contribution < -0.4 is 0 Å². The van der Waals surface area contributed by atoms with Gasteiger partial charge in [-0.1, -0.05) is 20.8 Å². The highest BCUT2D eigenvalue weighted by Gasteiger charge is 2.35. The van der Waals surface area contributed by atoms with Gasteiger partial charge >= 0.3 is 0 Å². The molecule has 0 aliphatic heterocycles. The zero-order valence-electron chi connectivity index (χ0n) is 14.4. The molecule has 126 valence electrons. The molecule has 0 N–H and O–H groups in total. The molecule has 0 aromatic carbocycles. The van der Waals surface area contributed by atoms with Crippen molar-refractivity contribution in [1.29, 1.82) is 0 Å². The summed E-state index contributed by atoms with van der Waals surface area (Å²) in [5, 5.41) is 0.167. The molecule has 0 saturated heterocycles. The van der Waals surface area contributed by atoms with Crippen molar-refractivity contribution in [2.24, 2.45) is 5.41 Å². The molecule has 0 radical (unpaired) electrons. The van der Waals surface area contributed by atoms with Gasteiger partial charge in [-0.25, -0.2) is 13.4 Å². The number of hydrogen-bond acceptors (Lipinski definition) is 3. The Kier molecular flexibility index (Phi) is 5.02. The van der Waals surface area contributed by atoms with E-state index >= 15 is 0 Å². The molecule has 22 heavy (non-hydrogen) atoms. The molecule has 0 amide bonds. The summed E-state index contributed by atoms with van der Waals surface area (Å²) in [4.78, 5) is 4.13. The Labute approximate surface area is 134 Å². The number of rotatable bonds is 5. The highest BCUT2D eigenvalue weighted by molar-refractivity contribution is 7.89. The summed E-state index contributed by atoms with van der Waals surface area (Å²) < 4.78 is 28.9. The van der Waals surface area contributed by atoms with E-state index in [0.29, 0.717) is 5.41 Å². The van der Waals surface area contributed by atoms with Gasteiger partial charge in [0.05, 0.1) is 6.33 Å². The summed E-state index contributed by atoms with van der Waals surface area (Å²) in [6.45, 7) is 8.65. The first kappa shape index (κ1) is 17.5. The van der Waals surface area contributed by atoms with Crippen molar-refractivity contribution < 1.29 is 8.42 Å². The van der Waals surface area contributed by atoms with Gasteiger partial charge in [0, 0.05) is 25.3 Å². The first-order valence-electron chi connectivity index (χ1n) is 8.19. The fourth-order valence-electron chi connectivity index (χ4n) is 2.99. The summed E-state index contributed by atoms with van der Waals surface area (Å²) >= 11 is 0. The molecule has 2 rings (SSSR count). The molecule has 1 unspecified atom stereocenters. The fraction of sp³-hybridized carbons (Fsp3) is 0.812. The first-order valence-corrected chi connectivity index (χ1v) is 9.63. The Morgan fingerprint density at radius 3 is 2.55 bits per heavy atom. The summed E-state index contributed by atoms with van der Waals surface area (Å²) in [6.07, 6.45) is 8.22. The Morgan fingerprint density at radius 2 is 2.00 bits per heavy atom. The lowest BCUT2D eigenvalue weighted by Gasteiger charge is -2.37. The zero-order chi connectivity index (χ0) is 16.5. The van der Waals surface area contributed by atoms with Crippen LogP contribution in [0.5, 0.6) is 0 Å². The lowest BCUT2D eigenvalue weighted by Crippen LogP contribution is -2.40. The van der Waals surface area contributed by atoms with Crippen molar-refractivity contribution in [2.45, 2.75) is 76.9 Å². The fourth-order valence-corrected chi connectivity index (χ4v) is 4.33. The van der Waals surface area contributed by atoms with E-state index < -0.39 is 10.0 Å². The van der Waals surface area contributed by atoms with E-state index in [1.54, 1.807) is 19.6 Å². The standard InChI is InChI=1S/C16H29N3O2S/c1-6-13(2)19-11-15(17-12-19)22(20,21)18(5)14-7-9-16(3,4)10-8-14/h11-14H,6-10H2,1-5H3. The predicted octanol–water partition coefficient (Wildman–Crippen LogP) is 3.44. The van der Waals surface area contributed by atoms with E-state index in [0.717, 1.165) is 32.1 Å². The monoisotopic (exact) mass is 327 g/mol. The number of sulfonamides is 1. The second-order valence-electron chi connectivity index (χ2n) is 7.33. The van der Waals surface area contributed by atoms with Crippen molar-refractivity contribution in [3.05, 3.63) is 12.5 Å². The molecule has 1 atom stereocenters. The highest BCUT2D eigenvalue weighted by atomic mass is 32.2. The Hall–Kier alpha value is -0.880. The largest absolute Gasteiger partial charge is 0.333 e. The van der Waals surface area contributed by atoms with Crippen LogP contribution in [0.25, 0.3) is 0 Å². The molecule has 1 aliphatic rings. The Morgan fingerprint density at radius 1 is 1.41 bits per heavy atom. The maximum absolute atomic E-state index is 12.8. The second kappa shape index (κ2) is 6.32. The molecular weight excluding hydrogens is 298 g/mol. The van der Waals surface area contributed by atoms with Crippen molar-refractivity contribution in [2.75, 3.05) is 7.05 Å². The van der Waals surface area contributed by atoms with E-state index in [1.165, 1.54) is 4.31 Å². The van der Waals surface area contributed by atoms with E-state index in [1.807, 2.05) is 4.57 Å². The Balaban J connectivity index is 2.14. The Bertz CT molecular complexity index is 597. The number of imidazole rings is 1. The minimum absolute atomic E-state index is 0.0896. The molecule has 6 heteroatoms. The van der Waals surface area contributed by atoms with Crippen molar-refractivity contribution in [3.8, 4) is 0 Å². The van der Waals surface area contributed by atoms with Crippen LogP contribution in [0.2, 0.25) is 0 Å². The van der Waals surface area contributed by atoms with E-state index in [9.17, 15) is 8.42 Å². The summed E-state index contributed by atoms with van der Waals surface area (Å²) in [7, 11) is -1.80. The van der Waals surface area contributed by atoms with Crippen molar-refractivity contribution >= 4 is 10.0 Å². The van der Waals surface area contributed by atoms with E-state index in [-0.39, 0.29) is 17.1 Å². The van der Waals surface area contributed by atoms with E-state index in [4.69, 9.17) is 0 Å². The van der Waals surface area contributed by atoms with Crippen molar-refractivity contribution in [3.63, 3.8) is 0 Å². The van der Waals surface area contributed by atoms with Gasteiger partial charge in [0.1, 0.15) is 0 Å². The minimum atomic E-state index is -3.50. The smallest absolute Gasteiger partial charge is 0.262 e. The lowest BCUT2D eigenvalue weighted by molar-refractivity contribution is 0.174. The van der Waals surface area contributed by atoms with Crippen molar-refractivity contribution in [1.82, 2.24) is 13.9 Å². The van der Waals surface area contributed by atoms with Gasteiger partial charge in [-0.05, 0) is 44.4 Å². The van der Waals surface area contributed by atoms with Gasteiger partial charge in [0.15, 0.2) is 5.03 Å². The van der Waals surface area contributed by atoms with Gasteiger partial charge in [-0.15, -0.1) is 0 Å². The molecule has 0 spiro atoms. The van der Waals surface area contributed by atoms with Gasteiger partial charge < -0.3 is 4.57 Å². The maximum atomic E-state index is 12.8. The number of nitrogens with zero attached hydrogens (tertiary/aromatic N) is 3. The third kappa shape index (κ3) is 3.54. The molecule has 5 nitrogen and oxygen atoms in total. The van der Waals surface area contributed by atoms with Gasteiger partial charge in [-0.2, -0.15) is 4.31 Å². The lowest BCUT2D eigenvalue weighted by atomic mass is 9.76. The predicted molar refractivity (Wildman–Crippen MR) is 88.2 cm³/mol. The molecular formula is C16H29N3O2S. The van der Waals surface area contributed by atoms with Crippen LogP contribution in [0.4, 0.5) is 0 Å². The number of hydrogen-bond donors (Lipinski definition) is 0. The minimum Gasteiger partial charge on any atom is -0.333 e. The SMILES string of the molecule is CCC(C)n1cnc(S(=O)(=O)N(C)C2CCC(C)(C)CC2)c1. The van der Waals surface area contributed by atoms with Crippen LogP contribution in [0.15, 0.2) is 17.6 Å². The van der Waals surface area contributed by atoms with Crippen LogP contribution in [-0.4, -0.2) is 35.4 Å².